The molecule has 0 saturated carbocycles. The SMILES string of the molecule is CC(C)c1ncc(S(=O)(=O)NCc2cc(C(=O)O)ccc2F)[nH]1. The molecule has 2 aromatic rings. The summed E-state index contributed by atoms with van der Waals surface area (Å²) in [5.41, 5.74) is -0.179. The van der Waals surface area contributed by atoms with Crippen molar-refractivity contribution in [1.82, 2.24) is 14.7 Å². The second-order valence-corrected chi connectivity index (χ2v) is 6.96. The van der Waals surface area contributed by atoms with Crippen molar-refractivity contribution in [3.8, 4) is 0 Å². The fourth-order valence-corrected chi connectivity index (χ4v) is 2.77. The average molecular weight is 341 g/mol. The molecule has 0 spiro atoms. The Bertz CT molecular complexity index is 830. The van der Waals surface area contributed by atoms with Crippen molar-refractivity contribution >= 4 is 16.0 Å². The van der Waals surface area contributed by atoms with E-state index in [1.807, 2.05) is 13.8 Å². The Hall–Kier alpha value is -2.26. The predicted octanol–water partition coefficient (Wildman–Crippen LogP) is 1.85. The molecule has 0 aliphatic rings. The highest BCUT2D eigenvalue weighted by atomic mass is 32.2. The quantitative estimate of drug-likeness (QED) is 0.742. The van der Waals surface area contributed by atoms with E-state index in [1.54, 1.807) is 0 Å². The van der Waals surface area contributed by atoms with Crippen LogP contribution in [-0.4, -0.2) is 29.5 Å². The van der Waals surface area contributed by atoms with Crippen LogP contribution in [0.2, 0.25) is 0 Å². The minimum atomic E-state index is -3.90. The zero-order chi connectivity index (χ0) is 17.2. The van der Waals surface area contributed by atoms with Crippen LogP contribution in [0.5, 0.6) is 0 Å². The summed E-state index contributed by atoms with van der Waals surface area (Å²) in [6, 6.07) is 3.19. The molecule has 23 heavy (non-hydrogen) atoms. The number of aromatic amines is 1. The minimum absolute atomic E-state index is 0.0312. The zero-order valence-corrected chi connectivity index (χ0v) is 13.3. The number of hydrogen-bond donors (Lipinski definition) is 3. The number of nitrogens with zero attached hydrogens (tertiary/aromatic N) is 1. The minimum Gasteiger partial charge on any atom is -0.478 e. The van der Waals surface area contributed by atoms with Gasteiger partial charge in [-0.3, -0.25) is 0 Å². The van der Waals surface area contributed by atoms with Crippen molar-refractivity contribution in [2.24, 2.45) is 0 Å². The van der Waals surface area contributed by atoms with Crippen LogP contribution >= 0.6 is 0 Å². The molecule has 0 unspecified atom stereocenters. The van der Waals surface area contributed by atoms with Crippen LogP contribution in [0, 0.1) is 5.82 Å². The monoisotopic (exact) mass is 341 g/mol. The summed E-state index contributed by atoms with van der Waals surface area (Å²) in [6.07, 6.45) is 1.18. The Balaban J connectivity index is 2.18. The molecular weight excluding hydrogens is 325 g/mol. The highest BCUT2D eigenvalue weighted by molar-refractivity contribution is 7.89. The van der Waals surface area contributed by atoms with Gasteiger partial charge in [0.15, 0.2) is 5.03 Å². The van der Waals surface area contributed by atoms with Gasteiger partial charge >= 0.3 is 5.97 Å². The smallest absolute Gasteiger partial charge is 0.335 e. The maximum atomic E-state index is 13.7. The Labute approximate surface area is 132 Å². The van der Waals surface area contributed by atoms with Gasteiger partial charge in [-0.25, -0.2) is 27.3 Å². The summed E-state index contributed by atoms with van der Waals surface area (Å²) in [4.78, 5) is 17.5. The number of carboxylic acid groups (broad SMARTS) is 1. The Morgan fingerprint density at radius 1 is 1.43 bits per heavy atom. The van der Waals surface area contributed by atoms with Gasteiger partial charge in [-0.2, -0.15) is 0 Å². The number of sulfonamides is 1. The number of imidazole rings is 1. The lowest BCUT2D eigenvalue weighted by Gasteiger charge is -2.07. The van der Waals surface area contributed by atoms with E-state index in [1.165, 1.54) is 6.20 Å². The third kappa shape index (κ3) is 3.93. The summed E-state index contributed by atoms with van der Waals surface area (Å²) >= 11 is 0. The zero-order valence-electron chi connectivity index (χ0n) is 12.5. The summed E-state index contributed by atoms with van der Waals surface area (Å²) < 4.78 is 40.2. The van der Waals surface area contributed by atoms with Crippen LogP contribution in [-0.2, 0) is 16.6 Å². The van der Waals surface area contributed by atoms with Crippen molar-refractivity contribution in [2.75, 3.05) is 0 Å². The van der Waals surface area contributed by atoms with Gasteiger partial charge in [0, 0.05) is 18.0 Å². The maximum Gasteiger partial charge on any atom is 0.335 e. The Morgan fingerprint density at radius 3 is 2.70 bits per heavy atom. The molecule has 1 aromatic carbocycles. The molecule has 0 aliphatic heterocycles. The van der Waals surface area contributed by atoms with Gasteiger partial charge in [-0.05, 0) is 18.2 Å². The van der Waals surface area contributed by atoms with Crippen LogP contribution in [0.4, 0.5) is 4.39 Å². The van der Waals surface area contributed by atoms with E-state index < -0.39 is 21.8 Å². The molecule has 0 radical (unpaired) electrons. The van der Waals surface area contributed by atoms with Crippen molar-refractivity contribution in [3.05, 3.63) is 47.2 Å². The van der Waals surface area contributed by atoms with Crippen LogP contribution < -0.4 is 4.72 Å². The highest BCUT2D eigenvalue weighted by Gasteiger charge is 2.19. The lowest BCUT2D eigenvalue weighted by molar-refractivity contribution is 0.0696. The second-order valence-electron chi connectivity index (χ2n) is 5.22. The number of halogens is 1. The molecule has 0 atom stereocenters. The van der Waals surface area contributed by atoms with Crippen molar-refractivity contribution in [3.63, 3.8) is 0 Å². The van der Waals surface area contributed by atoms with E-state index in [2.05, 4.69) is 14.7 Å². The number of carbonyl (C=O) groups is 1. The third-order valence-electron chi connectivity index (χ3n) is 3.15. The van der Waals surface area contributed by atoms with Crippen molar-refractivity contribution in [2.45, 2.75) is 31.3 Å². The fraction of sp³-hybridized carbons (Fsp3) is 0.286. The average Bonchev–Trinajstić information content (AvgIpc) is 2.97. The largest absolute Gasteiger partial charge is 0.478 e. The van der Waals surface area contributed by atoms with Gasteiger partial charge in [0.25, 0.3) is 10.0 Å². The molecule has 1 aromatic heterocycles. The van der Waals surface area contributed by atoms with E-state index in [9.17, 15) is 17.6 Å². The molecule has 0 fully saturated rings. The van der Waals surface area contributed by atoms with Crippen molar-refractivity contribution < 1.29 is 22.7 Å². The first-order valence-electron chi connectivity index (χ1n) is 6.77. The van der Waals surface area contributed by atoms with Gasteiger partial charge in [-0.1, -0.05) is 13.8 Å². The first-order valence-corrected chi connectivity index (χ1v) is 8.25. The molecule has 2 rings (SSSR count). The topological polar surface area (TPSA) is 112 Å². The molecule has 124 valence electrons. The molecule has 0 bridgehead atoms. The number of carboxylic acids is 1. The molecule has 3 N–H and O–H groups in total. The number of aromatic carboxylic acids is 1. The predicted molar refractivity (Wildman–Crippen MR) is 80.1 cm³/mol. The standard InChI is InChI=1S/C14H16FN3O4S/c1-8(2)13-16-7-12(18-13)23(21,22)17-6-10-5-9(14(19)20)3-4-11(10)15/h3-5,7-8,17H,6H2,1-2H3,(H,16,18)(H,19,20). The first kappa shape index (κ1) is 17.1. The van der Waals surface area contributed by atoms with Crippen LogP contribution in [0.3, 0.4) is 0 Å². The van der Waals surface area contributed by atoms with Crippen LogP contribution in [0.1, 0.15) is 41.5 Å². The number of aromatic nitrogens is 2. The van der Waals surface area contributed by atoms with Crippen molar-refractivity contribution in [1.29, 1.82) is 0 Å². The number of rotatable bonds is 6. The van der Waals surface area contributed by atoms with Gasteiger partial charge in [-0.15, -0.1) is 0 Å². The third-order valence-corrected chi connectivity index (χ3v) is 4.46. The Morgan fingerprint density at radius 2 is 2.13 bits per heavy atom. The summed E-state index contributed by atoms with van der Waals surface area (Å²) in [5.74, 6) is -1.36. The molecule has 7 nitrogen and oxygen atoms in total. The van der Waals surface area contributed by atoms with Crippen LogP contribution in [0.25, 0.3) is 0 Å². The molecule has 9 heteroatoms. The number of hydrogen-bond acceptors (Lipinski definition) is 4. The van der Waals surface area contributed by atoms with E-state index in [0.717, 1.165) is 18.2 Å². The summed E-state index contributed by atoms with van der Waals surface area (Å²) in [6.45, 7) is 3.34. The second kappa shape index (κ2) is 6.47. The van der Waals surface area contributed by atoms with Crippen LogP contribution in [0.15, 0.2) is 29.4 Å². The van der Waals surface area contributed by atoms with Gasteiger partial charge < -0.3 is 10.1 Å². The molecule has 1 heterocycles. The number of H-pyrrole nitrogens is 1. The van der Waals surface area contributed by atoms with Gasteiger partial charge in [0.05, 0.1) is 11.8 Å². The van der Waals surface area contributed by atoms with E-state index >= 15 is 0 Å². The Kier molecular flexibility index (Phi) is 4.81. The molecular formula is C14H16FN3O4S. The lowest BCUT2D eigenvalue weighted by atomic mass is 10.1. The molecule has 0 aliphatic carbocycles. The van der Waals surface area contributed by atoms with E-state index in [-0.39, 0.29) is 28.6 Å². The van der Waals surface area contributed by atoms with Gasteiger partial charge in [0.1, 0.15) is 11.6 Å². The van der Waals surface area contributed by atoms with E-state index in [4.69, 9.17) is 5.11 Å². The molecule has 0 amide bonds. The molecule has 0 saturated heterocycles. The summed E-state index contributed by atoms with van der Waals surface area (Å²) in [5, 5.41) is 8.76. The first-order chi connectivity index (χ1) is 10.7. The normalized spacial score (nSPS) is 11.8. The fourth-order valence-electron chi connectivity index (χ4n) is 1.84. The highest BCUT2D eigenvalue weighted by Crippen LogP contribution is 2.15. The van der Waals surface area contributed by atoms with E-state index in [0.29, 0.717) is 5.82 Å². The summed E-state index contributed by atoms with van der Waals surface area (Å²) in [7, 11) is -3.90. The lowest BCUT2D eigenvalue weighted by Crippen LogP contribution is -2.24. The number of benzene rings is 1. The maximum absolute atomic E-state index is 13.7. The van der Waals surface area contributed by atoms with Gasteiger partial charge in [0.2, 0.25) is 0 Å². The number of nitrogens with one attached hydrogen (secondary N) is 2.